The zero-order valence-corrected chi connectivity index (χ0v) is 17.3. The van der Waals surface area contributed by atoms with Gasteiger partial charge >= 0.3 is 0 Å². The van der Waals surface area contributed by atoms with Crippen molar-refractivity contribution in [1.82, 2.24) is 9.78 Å². The van der Waals surface area contributed by atoms with Gasteiger partial charge in [0.2, 0.25) is 0 Å². The van der Waals surface area contributed by atoms with Gasteiger partial charge in [0.25, 0.3) is 0 Å². The highest BCUT2D eigenvalue weighted by atomic mass is 127. The molecule has 3 aromatic rings. The van der Waals surface area contributed by atoms with Gasteiger partial charge in [0.15, 0.2) is 5.96 Å². The molecule has 0 radical (unpaired) electrons. The van der Waals surface area contributed by atoms with Crippen LogP contribution in [0.25, 0.3) is 0 Å². The third-order valence-electron chi connectivity index (χ3n) is 3.92. The summed E-state index contributed by atoms with van der Waals surface area (Å²) in [5.74, 6) is 0.416. The van der Waals surface area contributed by atoms with Crippen LogP contribution in [0.1, 0.15) is 22.3 Å². The average Bonchev–Trinajstić information content (AvgIpc) is 3.06. The van der Waals surface area contributed by atoms with Crippen LogP contribution in [0.15, 0.2) is 65.9 Å². The van der Waals surface area contributed by atoms with Crippen molar-refractivity contribution in [2.75, 3.05) is 5.32 Å². The lowest BCUT2D eigenvalue weighted by Crippen LogP contribution is -2.22. The molecular formula is C20H24IN5. The summed E-state index contributed by atoms with van der Waals surface area (Å²) in [6.45, 7) is 5.39. The van der Waals surface area contributed by atoms with Gasteiger partial charge in [-0.25, -0.2) is 4.99 Å². The monoisotopic (exact) mass is 461 g/mol. The standard InChI is InChI=1S/C20H23N5.HI/c1-15-10-16(2)12-19(11-15)24-20(21)22-13-17-6-3-4-7-18(17)14-25-9-5-8-23-25;/h3-12H,13-14H2,1-2H3,(H3,21,22,24);1H. The molecule has 0 atom stereocenters. The molecule has 0 saturated heterocycles. The molecule has 6 heteroatoms. The molecule has 0 fully saturated rings. The number of nitrogens with one attached hydrogen (secondary N) is 1. The molecule has 0 spiro atoms. The van der Waals surface area contributed by atoms with Crippen LogP contribution >= 0.6 is 24.0 Å². The number of halogens is 1. The first-order chi connectivity index (χ1) is 12.1. The van der Waals surface area contributed by atoms with Crippen LogP contribution in [0.3, 0.4) is 0 Å². The first-order valence-corrected chi connectivity index (χ1v) is 8.29. The average molecular weight is 461 g/mol. The van der Waals surface area contributed by atoms with Crippen LogP contribution < -0.4 is 11.1 Å². The van der Waals surface area contributed by atoms with Crippen molar-refractivity contribution in [2.45, 2.75) is 26.9 Å². The molecule has 0 bridgehead atoms. The van der Waals surface area contributed by atoms with E-state index >= 15 is 0 Å². The molecule has 0 aliphatic rings. The number of aromatic nitrogens is 2. The topological polar surface area (TPSA) is 68.2 Å². The van der Waals surface area contributed by atoms with Gasteiger partial charge in [-0.15, -0.1) is 24.0 Å². The zero-order valence-electron chi connectivity index (χ0n) is 15.0. The van der Waals surface area contributed by atoms with Crippen LogP contribution in [0.2, 0.25) is 0 Å². The third-order valence-corrected chi connectivity index (χ3v) is 3.92. The molecule has 0 saturated carbocycles. The Labute approximate surface area is 171 Å². The fraction of sp³-hybridized carbons (Fsp3) is 0.200. The first-order valence-electron chi connectivity index (χ1n) is 8.29. The minimum atomic E-state index is 0. The number of nitrogens with two attached hydrogens (primary N) is 1. The Morgan fingerprint density at radius 1 is 1.08 bits per heavy atom. The van der Waals surface area contributed by atoms with E-state index in [1.807, 2.05) is 29.1 Å². The number of anilines is 1. The number of guanidine groups is 1. The van der Waals surface area contributed by atoms with E-state index < -0.39 is 0 Å². The highest BCUT2D eigenvalue weighted by molar-refractivity contribution is 14.0. The van der Waals surface area contributed by atoms with Crippen LogP contribution in [-0.2, 0) is 13.1 Å². The molecule has 5 nitrogen and oxygen atoms in total. The van der Waals surface area contributed by atoms with Gasteiger partial charge in [-0.3, -0.25) is 4.68 Å². The number of nitrogens with zero attached hydrogens (tertiary/aromatic N) is 3. The van der Waals surface area contributed by atoms with E-state index in [0.717, 1.165) is 17.8 Å². The molecular weight excluding hydrogens is 437 g/mol. The van der Waals surface area contributed by atoms with Crippen molar-refractivity contribution < 1.29 is 0 Å². The summed E-state index contributed by atoms with van der Waals surface area (Å²) in [6.07, 6.45) is 3.74. The third kappa shape index (κ3) is 5.59. The molecule has 0 unspecified atom stereocenters. The predicted octanol–water partition coefficient (Wildman–Crippen LogP) is 4.09. The second-order valence-electron chi connectivity index (χ2n) is 6.18. The maximum Gasteiger partial charge on any atom is 0.193 e. The Morgan fingerprint density at radius 2 is 1.77 bits per heavy atom. The summed E-state index contributed by atoms with van der Waals surface area (Å²) in [5.41, 5.74) is 11.7. The molecule has 0 aliphatic heterocycles. The lowest BCUT2D eigenvalue weighted by Gasteiger charge is -2.10. The van der Waals surface area contributed by atoms with E-state index in [1.165, 1.54) is 16.7 Å². The lowest BCUT2D eigenvalue weighted by molar-refractivity contribution is 0.681. The van der Waals surface area contributed by atoms with Crippen LogP contribution in [-0.4, -0.2) is 15.7 Å². The van der Waals surface area contributed by atoms with E-state index in [2.05, 4.69) is 59.6 Å². The summed E-state index contributed by atoms with van der Waals surface area (Å²) >= 11 is 0. The summed E-state index contributed by atoms with van der Waals surface area (Å²) in [6, 6.07) is 16.4. The van der Waals surface area contributed by atoms with E-state index in [-0.39, 0.29) is 24.0 Å². The SMILES string of the molecule is Cc1cc(C)cc(NC(N)=NCc2ccccc2Cn2cccn2)c1.I. The molecule has 1 aromatic heterocycles. The van der Waals surface area contributed by atoms with Gasteiger partial charge in [-0.05, 0) is 54.3 Å². The maximum absolute atomic E-state index is 6.06. The second-order valence-corrected chi connectivity index (χ2v) is 6.18. The van der Waals surface area contributed by atoms with E-state index in [1.54, 1.807) is 6.20 Å². The van der Waals surface area contributed by atoms with Gasteiger partial charge in [0.05, 0.1) is 13.1 Å². The predicted molar refractivity (Wildman–Crippen MR) is 118 cm³/mol. The summed E-state index contributed by atoms with van der Waals surface area (Å²) in [4.78, 5) is 4.49. The molecule has 0 amide bonds. The second kappa shape index (κ2) is 9.38. The fourth-order valence-corrected chi connectivity index (χ4v) is 2.84. The van der Waals surface area contributed by atoms with Gasteiger partial charge in [-0.1, -0.05) is 30.3 Å². The molecule has 3 N–H and O–H groups in total. The van der Waals surface area contributed by atoms with E-state index in [0.29, 0.717) is 12.5 Å². The van der Waals surface area contributed by atoms with Crippen LogP contribution in [0.5, 0.6) is 0 Å². The lowest BCUT2D eigenvalue weighted by atomic mass is 10.1. The molecule has 26 heavy (non-hydrogen) atoms. The number of aryl methyl sites for hydroxylation is 2. The van der Waals surface area contributed by atoms with Crippen molar-refractivity contribution in [3.63, 3.8) is 0 Å². The molecule has 1 heterocycles. The summed E-state index contributed by atoms with van der Waals surface area (Å²) in [5, 5.41) is 7.43. The fourth-order valence-electron chi connectivity index (χ4n) is 2.84. The number of aliphatic imine (C=N–C) groups is 1. The largest absolute Gasteiger partial charge is 0.370 e. The number of hydrogen-bond acceptors (Lipinski definition) is 2. The van der Waals surface area contributed by atoms with Gasteiger partial charge < -0.3 is 11.1 Å². The normalized spacial score (nSPS) is 11.1. The minimum absolute atomic E-state index is 0. The highest BCUT2D eigenvalue weighted by Crippen LogP contribution is 2.14. The molecule has 3 rings (SSSR count). The zero-order chi connectivity index (χ0) is 17.6. The maximum atomic E-state index is 6.06. The first kappa shape index (κ1) is 20.0. The smallest absolute Gasteiger partial charge is 0.193 e. The summed E-state index contributed by atoms with van der Waals surface area (Å²) in [7, 11) is 0. The molecule has 2 aromatic carbocycles. The van der Waals surface area contributed by atoms with Crippen molar-refractivity contribution in [2.24, 2.45) is 10.7 Å². The Morgan fingerprint density at radius 3 is 2.42 bits per heavy atom. The Kier molecular flexibility index (Phi) is 7.20. The van der Waals surface area contributed by atoms with Gasteiger partial charge in [-0.2, -0.15) is 5.10 Å². The molecule has 0 aliphatic carbocycles. The highest BCUT2D eigenvalue weighted by Gasteiger charge is 2.03. The number of benzene rings is 2. The van der Waals surface area contributed by atoms with Crippen molar-refractivity contribution in [3.8, 4) is 0 Å². The Hall–Kier alpha value is -2.35. The van der Waals surface area contributed by atoms with Gasteiger partial charge in [0, 0.05) is 18.1 Å². The van der Waals surface area contributed by atoms with Crippen LogP contribution in [0.4, 0.5) is 5.69 Å². The van der Waals surface area contributed by atoms with Crippen molar-refractivity contribution >= 4 is 35.6 Å². The quantitative estimate of drug-likeness (QED) is 0.342. The molecule has 136 valence electrons. The van der Waals surface area contributed by atoms with Crippen LogP contribution in [0, 0.1) is 13.8 Å². The van der Waals surface area contributed by atoms with E-state index in [4.69, 9.17) is 5.73 Å². The number of rotatable bonds is 5. The Bertz CT molecular complexity index is 851. The number of hydrogen-bond donors (Lipinski definition) is 2. The van der Waals surface area contributed by atoms with Crippen molar-refractivity contribution in [1.29, 1.82) is 0 Å². The van der Waals surface area contributed by atoms with E-state index in [9.17, 15) is 0 Å². The minimum Gasteiger partial charge on any atom is -0.370 e. The summed E-state index contributed by atoms with van der Waals surface area (Å²) < 4.78 is 1.90. The van der Waals surface area contributed by atoms with Gasteiger partial charge in [0.1, 0.15) is 0 Å². The Balaban J connectivity index is 0.00000243. The van der Waals surface area contributed by atoms with Crippen molar-refractivity contribution in [3.05, 3.63) is 83.2 Å².